The van der Waals surface area contributed by atoms with E-state index in [0.29, 0.717) is 12.8 Å². The molecule has 0 saturated carbocycles. The van der Waals surface area contributed by atoms with E-state index < -0.39 is 12.1 Å². The lowest BCUT2D eigenvalue weighted by molar-refractivity contribution is -0.192. The minimum absolute atomic E-state index is 0.0218. The Balaban J connectivity index is 0.000000423. The molecular formula is C20H22F3N5O3. The van der Waals surface area contributed by atoms with Crippen molar-refractivity contribution in [3.05, 3.63) is 59.7 Å². The molecule has 3 rings (SSSR count). The van der Waals surface area contributed by atoms with Crippen LogP contribution in [0.15, 0.2) is 36.8 Å². The Morgan fingerprint density at radius 1 is 1.13 bits per heavy atom. The molecule has 166 valence electrons. The molecule has 0 radical (unpaired) electrons. The summed E-state index contributed by atoms with van der Waals surface area (Å²) >= 11 is 0. The monoisotopic (exact) mass is 437 g/mol. The van der Waals surface area contributed by atoms with Crippen LogP contribution in [0.3, 0.4) is 0 Å². The summed E-state index contributed by atoms with van der Waals surface area (Å²) in [4.78, 5) is 32.6. The van der Waals surface area contributed by atoms with Crippen LogP contribution in [-0.4, -0.2) is 42.7 Å². The standard InChI is InChI=1S/C18H21N5O.C2HF3O2/c1-12-10-19-17(21-12)8-9-18(24)22-15-4-6-16(7-5-15)23-11-20-13(2)14(23)3;3-2(4,5)1(6)7/h4-7,10-11H,8-9H2,1-3H3,(H,19,21)(H,22,24);(H,6,7). The Morgan fingerprint density at radius 2 is 1.74 bits per heavy atom. The number of hydrogen-bond donors (Lipinski definition) is 3. The first-order valence-corrected chi connectivity index (χ1v) is 9.18. The highest BCUT2D eigenvalue weighted by Gasteiger charge is 2.38. The predicted octanol–water partition coefficient (Wildman–Crippen LogP) is 3.73. The summed E-state index contributed by atoms with van der Waals surface area (Å²) in [6.45, 7) is 5.97. The predicted molar refractivity (Wildman–Crippen MR) is 107 cm³/mol. The van der Waals surface area contributed by atoms with Crippen LogP contribution in [0.5, 0.6) is 0 Å². The molecule has 0 spiro atoms. The van der Waals surface area contributed by atoms with Crippen LogP contribution >= 0.6 is 0 Å². The number of aryl methyl sites for hydroxylation is 3. The molecule has 8 nitrogen and oxygen atoms in total. The third-order valence-corrected chi connectivity index (χ3v) is 4.27. The molecule has 0 aliphatic rings. The quantitative estimate of drug-likeness (QED) is 0.563. The molecule has 3 aromatic rings. The molecule has 2 aromatic heterocycles. The highest BCUT2D eigenvalue weighted by molar-refractivity contribution is 5.90. The highest BCUT2D eigenvalue weighted by atomic mass is 19.4. The summed E-state index contributed by atoms with van der Waals surface area (Å²) in [5.41, 5.74) is 4.94. The minimum Gasteiger partial charge on any atom is -0.475 e. The van der Waals surface area contributed by atoms with Crippen LogP contribution in [-0.2, 0) is 16.0 Å². The summed E-state index contributed by atoms with van der Waals surface area (Å²) in [7, 11) is 0. The molecular weight excluding hydrogens is 415 g/mol. The van der Waals surface area contributed by atoms with E-state index >= 15 is 0 Å². The molecule has 0 aliphatic heterocycles. The molecule has 0 aliphatic carbocycles. The summed E-state index contributed by atoms with van der Waals surface area (Å²) < 4.78 is 33.8. The fourth-order valence-electron chi connectivity index (χ4n) is 2.51. The molecule has 1 amide bonds. The maximum atomic E-state index is 12.0. The first-order chi connectivity index (χ1) is 14.5. The second-order valence-corrected chi connectivity index (χ2v) is 6.70. The van der Waals surface area contributed by atoms with Gasteiger partial charge in [-0.25, -0.2) is 14.8 Å². The zero-order valence-corrected chi connectivity index (χ0v) is 17.1. The molecule has 3 N–H and O–H groups in total. The fraction of sp³-hybridized carbons (Fsp3) is 0.300. The van der Waals surface area contributed by atoms with E-state index in [2.05, 4.69) is 20.3 Å². The van der Waals surface area contributed by atoms with Gasteiger partial charge >= 0.3 is 12.1 Å². The Kier molecular flexibility index (Phi) is 7.56. The summed E-state index contributed by atoms with van der Waals surface area (Å²) in [6, 6.07) is 7.75. The number of aliphatic carboxylic acids is 1. The second-order valence-electron chi connectivity index (χ2n) is 6.70. The summed E-state index contributed by atoms with van der Waals surface area (Å²) in [5, 5.41) is 10.0. The highest BCUT2D eigenvalue weighted by Crippen LogP contribution is 2.17. The molecule has 31 heavy (non-hydrogen) atoms. The van der Waals surface area contributed by atoms with E-state index in [1.807, 2.05) is 55.9 Å². The molecule has 0 atom stereocenters. The number of aromatic nitrogens is 4. The lowest BCUT2D eigenvalue weighted by Crippen LogP contribution is -2.21. The second kappa shape index (κ2) is 9.92. The number of carboxylic acid groups (broad SMARTS) is 1. The van der Waals surface area contributed by atoms with Crippen molar-refractivity contribution in [2.24, 2.45) is 0 Å². The van der Waals surface area contributed by atoms with Crippen molar-refractivity contribution in [2.45, 2.75) is 39.8 Å². The van der Waals surface area contributed by atoms with Gasteiger partial charge in [0.2, 0.25) is 5.91 Å². The number of aromatic amines is 1. The number of nitrogens with zero attached hydrogens (tertiary/aromatic N) is 3. The Hall–Kier alpha value is -3.63. The van der Waals surface area contributed by atoms with E-state index in [9.17, 15) is 18.0 Å². The van der Waals surface area contributed by atoms with Crippen LogP contribution in [0.4, 0.5) is 18.9 Å². The van der Waals surface area contributed by atoms with E-state index in [1.54, 1.807) is 6.20 Å². The van der Waals surface area contributed by atoms with Crippen molar-refractivity contribution in [1.29, 1.82) is 0 Å². The van der Waals surface area contributed by atoms with Crippen molar-refractivity contribution in [3.8, 4) is 5.69 Å². The Morgan fingerprint density at radius 3 is 2.19 bits per heavy atom. The third-order valence-electron chi connectivity index (χ3n) is 4.27. The number of carbonyl (C=O) groups is 2. The van der Waals surface area contributed by atoms with Gasteiger partial charge in [-0.15, -0.1) is 0 Å². The number of halogens is 3. The lowest BCUT2D eigenvalue weighted by Gasteiger charge is -2.08. The molecule has 0 saturated heterocycles. The van der Waals surface area contributed by atoms with Crippen LogP contribution < -0.4 is 5.32 Å². The number of hydrogen-bond acceptors (Lipinski definition) is 4. The number of imidazole rings is 2. The van der Waals surface area contributed by atoms with E-state index in [4.69, 9.17) is 9.90 Å². The maximum Gasteiger partial charge on any atom is 0.490 e. The normalized spacial score (nSPS) is 10.9. The van der Waals surface area contributed by atoms with Gasteiger partial charge in [-0.1, -0.05) is 0 Å². The van der Waals surface area contributed by atoms with Gasteiger partial charge in [0.15, 0.2) is 0 Å². The summed E-state index contributed by atoms with van der Waals surface area (Å²) in [6.07, 6.45) is -0.505. The number of carboxylic acids is 1. The number of rotatable bonds is 5. The molecule has 0 unspecified atom stereocenters. The number of amides is 1. The van der Waals surface area contributed by atoms with Gasteiger partial charge in [-0.05, 0) is 45.0 Å². The first-order valence-electron chi connectivity index (χ1n) is 9.18. The van der Waals surface area contributed by atoms with Gasteiger partial charge in [0.25, 0.3) is 0 Å². The van der Waals surface area contributed by atoms with Crippen molar-refractivity contribution < 1.29 is 27.9 Å². The van der Waals surface area contributed by atoms with E-state index in [0.717, 1.165) is 34.3 Å². The lowest BCUT2D eigenvalue weighted by atomic mass is 10.2. The SMILES string of the molecule is Cc1cnc(CCC(=O)Nc2ccc(-n3cnc(C)c3C)cc2)[nH]1.O=C(O)C(F)(F)F. The zero-order valence-electron chi connectivity index (χ0n) is 17.1. The number of carbonyl (C=O) groups excluding carboxylic acids is 1. The van der Waals surface area contributed by atoms with E-state index in [-0.39, 0.29) is 5.91 Å². The van der Waals surface area contributed by atoms with Gasteiger partial charge < -0.3 is 20.0 Å². The van der Waals surface area contributed by atoms with Crippen molar-refractivity contribution >= 4 is 17.6 Å². The van der Waals surface area contributed by atoms with Crippen LogP contribution in [0.1, 0.15) is 29.3 Å². The number of anilines is 1. The smallest absolute Gasteiger partial charge is 0.475 e. The van der Waals surface area contributed by atoms with Crippen LogP contribution in [0, 0.1) is 20.8 Å². The molecule has 2 heterocycles. The van der Waals surface area contributed by atoms with Gasteiger partial charge in [0.1, 0.15) is 5.82 Å². The molecule has 0 bridgehead atoms. The minimum atomic E-state index is -5.08. The Labute approximate surface area is 176 Å². The first kappa shape index (κ1) is 23.6. The number of nitrogens with one attached hydrogen (secondary N) is 2. The van der Waals surface area contributed by atoms with Crippen molar-refractivity contribution in [2.75, 3.05) is 5.32 Å². The molecule has 11 heteroatoms. The zero-order chi connectivity index (χ0) is 23.2. The topological polar surface area (TPSA) is 113 Å². The van der Waals surface area contributed by atoms with Gasteiger partial charge in [-0.3, -0.25) is 4.79 Å². The van der Waals surface area contributed by atoms with Gasteiger partial charge in [0.05, 0.1) is 12.0 Å². The fourth-order valence-corrected chi connectivity index (χ4v) is 2.51. The largest absolute Gasteiger partial charge is 0.490 e. The average molecular weight is 437 g/mol. The van der Waals surface area contributed by atoms with E-state index in [1.165, 1.54) is 0 Å². The van der Waals surface area contributed by atoms with Crippen LogP contribution in [0.25, 0.3) is 5.69 Å². The number of alkyl halides is 3. The third kappa shape index (κ3) is 6.98. The number of benzene rings is 1. The molecule has 0 fully saturated rings. The van der Waals surface area contributed by atoms with Gasteiger partial charge in [0, 0.05) is 41.8 Å². The summed E-state index contributed by atoms with van der Waals surface area (Å²) in [5.74, 6) is -1.94. The average Bonchev–Trinajstić information content (AvgIpc) is 3.26. The molecule has 1 aromatic carbocycles. The van der Waals surface area contributed by atoms with Crippen molar-refractivity contribution in [3.63, 3.8) is 0 Å². The van der Waals surface area contributed by atoms with Crippen LogP contribution in [0.2, 0.25) is 0 Å². The van der Waals surface area contributed by atoms with Crippen molar-refractivity contribution in [1.82, 2.24) is 19.5 Å². The Bertz CT molecular complexity index is 1040. The maximum absolute atomic E-state index is 12.0. The van der Waals surface area contributed by atoms with Gasteiger partial charge in [-0.2, -0.15) is 13.2 Å². The number of H-pyrrole nitrogens is 1.